The van der Waals surface area contributed by atoms with Crippen molar-refractivity contribution in [3.63, 3.8) is 0 Å². The number of anilines is 1. The number of nitrogens with one attached hydrogen (secondary N) is 2. The molecule has 0 aliphatic rings. The van der Waals surface area contributed by atoms with Crippen molar-refractivity contribution in [2.24, 2.45) is 0 Å². The van der Waals surface area contributed by atoms with E-state index in [-0.39, 0.29) is 0 Å². The fourth-order valence-corrected chi connectivity index (χ4v) is 2.66. The van der Waals surface area contributed by atoms with Crippen LogP contribution < -0.4 is 5.32 Å². The average molecular weight is 349 g/mol. The molecule has 0 bridgehead atoms. The summed E-state index contributed by atoms with van der Waals surface area (Å²) in [4.78, 5) is 23.5. The van der Waals surface area contributed by atoms with Crippen LogP contribution in [0.5, 0.6) is 0 Å². The van der Waals surface area contributed by atoms with Crippen LogP contribution in [-0.2, 0) is 13.0 Å². The van der Waals surface area contributed by atoms with Crippen LogP contribution in [0.1, 0.15) is 22.5 Å². The van der Waals surface area contributed by atoms with Gasteiger partial charge in [-0.05, 0) is 18.6 Å². The number of pyridine rings is 1. The van der Waals surface area contributed by atoms with Crippen molar-refractivity contribution >= 4 is 16.9 Å². The summed E-state index contributed by atoms with van der Waals surface area (Å²) in [6.45, 7) is 2.30. The molecule has 0 radical (unpaired) electrons. The zero-order valence-corrected chi connectivity index (χ0v) is 14.1. The molecule has 4 aromatic heterocycles. The predicted molar refractivity (Wildman–Crippen MR) is 95.0 cm³/mol. The maximum Gasteiger partial charge on any atom is 0.218 e. The number of hydrogen-bond donors (Lipinski definition) is 2. The second kappa shape index (κ2) is 6.83. The summed E-state index contributed by atoms with van der Waals surface area (Å²) in [5, 5.41) is 3.96. The van der Waals surface area contributed by atoms with Crippen LogP contribution >= 0.6 is 0 Å². The van der Waals surface area contributed by atoms with Crippen LogP contribution in [0.2, 0.25) is 0 Å². The Kier molecular flexibility index (Phi) is 4.22. The Morgan fingerprint density at radius 3 is 2.73 bits per heavy atom. The third kappa shape index (κ3) is 3.34. The van der Waals surface area contributed by atoms with E-state index in [0.29, 0.717) is 30.2 Å². The van der Waals surface area contributed by atoms with Gasteiger partial charge in [-0.1, -0.05) is 6.07 Å². The number of nitrogens with zero attached hydrogens (tertiary/aromatic N) is 5. The Balaban J connectivity index is 1.48. The van der Waals surface area contributed by atoms with Gasteiger partial charge in [-0.2, -0.15) is 4.39 Å². The maximum absolute atomic E-state index is 14.4. The molecule has 0 spiro atoms. The third-order valence-corrected chi connectivity index (χ3v) is 4.06. The molecule has 0 aliphatic heterocycles. The Hall–Kier alpha value is -3.42. The summed E-state index contributed by atoms with van der Waals surface area (Å²) < 4.78 is 14.4. The van der Waals surface area contributed by atoms with Crippen LogP contribution in [0.4, 0.5) is 10.2 Å². The summed E-state index contributed by atoms with van der Waals surface area (Å²) in [5.74, 6) is 0.681. The van der Waals surface area contributed by atoms with E-state index in [1.165, 1.54) is 6.33 Å². The van der Waals surface area contributed by atoms with Crippen molar-refractivity contribution in [3.8, 4) is 0 Å². The second-order valence-electron chi connectivity index (χ2n) is 5.91. The first-order valence-electron chi connectivity index (χ1n) is 8.12. The molecule has 0 aliphatic carbocycles. The molecule has 0 amide bonds. The van der Waals surface area contributed by atoms with Gasteiger partial charge in [-0.15, -0.1) is 0 Å². The molecular weight excluding hydrogens is 333 g/mol. The average Bonchev–Trinajstić information content (AvgIpc) is 3.06. The zero-order valence-electron chi connectivity index (χ0n) is 14.1. The van der Waals surface area contributed by atoms with E-state index < -0.39 is 5.95 Å². The van der Waals surface area contributed by atoms with Crippen molar-refractivity contribution in [1.29, 1.82) is 0 Å². The molecule has 130 valence electrons. The summed E-state index contributed by atoms with van der Waals surface area (Å²) in [6.07, 6.45) is 8.91. The Morgan fingerprint density at radius 2 is 1.92 bits per heavy atom. The molecule has 2 N–H and O–H groups in total. The quantitative estimate of drug-likeness (QED) is 0.538. The van der Waals surface area contributed by atoms with E-state index in [9.17, 15) is 4.39 Å². The van der Waals surface area contributed by atoms with E-state index in [4.69, 9.17) is 0 Å². The minimum absolute atomic E-state index is 0.415. The smallest absolute Gasteiger partial charge is 0.218 e. The van der Waals surface area contributed by atoms with Gasteiger partial charge in [0.15, 0.2) is 0 Å². The molecule has 4 aromatic rings. The number of halogens is 1. The standard InChI is InChI=1S/C18H16FN7/c1-11-21-5-12(6-22-11)7-23-16-3-2-13(17(19)26-16)4-14-8-24-18-15(14)9-20-10-25-18/h2-3,5-6,8-10H,4,7H2,1H3,(H,23,26)(H,20,24,25). The van der Waals surface area contributed by atoms with E-state index in [2.05, 4.69) is 35.2 Å². The van der Waals surface area contributed by atoms with Gasteiger partial charge in [0.1, 0.15) is 23.6 Å². The number of rotatable bonds is 5. The summed E-state index contributed by atoms with van der Waals surface area (Å²) in [5.41, 5.74) is 3.08. The lowest BCUT2D eigenvalue weighted by atomic mass is 10.1. The van der Waals surface area contributed by atoms with Gasteiger partial charge in [-0.3, -0.25) is 0 Å². The first-order valence-corrected chi connectivity index (χ1v) is 8.12. The number of aromatic nitrogens is 6. The SMILES string of the molecule is Cc1ncc(CNc2ccc(Cc3c[nH]c4ncncc34)c(F)n2)cn1. The first-order chi connectivity index (χ1) is 12.7. The van der Waals surface area contributed by atoms with Crippen molar-refractivity contribution in [2.75, 3.05) is 5.32 Å². The lowest BCUT2D eigenvalue weighted by Gasteiger charge is -2.08. The van der Waals surface area contributed by atoms with Gasteiger partial charge in [0, 0.05) is 54.3 Å². The third-order valence-electron chi connectivity index (χ3n) is 4.06. The van der Waals surface area contributed by atoms with Crippen LogP contribution in [0.25, 0.3) is 11.0 Å². The molecule has 4 heterocycles. The fraction of sp³-hybridized carbons (Fsp3) is 0.167. The Morgan fingerprint density at radius 1 is 1.08 bits per heavy atom. The molecule has 26 heavy (non-hydrogen) atoms. The van der Waals surface area contributed by atoms with Gasteiger partial charge in [0.05, 0.1) is 0 Å². The number of hydrogen-bond acceptors (Lipinski definition) is 6. The fourth-order valence-electron chi connectivity index (χ4n) is 2.66. The lowest BCUT2D eigenvalue weighted by molar-refractivity contribution is 0.571. The molecule has 0 saturated heterocycles. The van der Waals surface area contributed by atoms with E-state index in [1.54, 1.807) is 30.7 Å². The Labute approximate surface area is 148 Å². The Bertz CT molecular complexity index is 1040. The zero-order chi connectivity index (χ0) is 17.9. The highest BCUT2D eigenvalue weighted by atomic mass is 19.1. The largest absolute Gasteiger partial charge is 0.366 e. The monoisotopic (exact) mass is 349 g/mol. The van der Waals surface area contributed by atoms with Crippen LogP contribution in [0, 0.1) is 12.9 Å². The number of H-pyrrole nitrogens is 1. The predicted octanol–water partition coefficient (Wildman–Crippen LogP) is 2.79. The number of aryl methyl sites for hydroxylation is 1. The molecule has 0 saturated carbocycles. The molecule has 7 nitrogen and oxygen atoms in total. The van der Waals surface area contributed by atoms with Gasteiger partial charge >= 0.3 is 0 Å². The molecule has 0 aromatic carbocycles. The van der Waals surface area contributed by atoms with Crippen molar-refractivity contribution in [3.05, 3.63) is 71.7 Å². The maximum atomic E-state index is 14.4. The summed E-state index contributed by atoms with van der Waals surface area (Å²) in [7, 11) is 0. The van der Waals surface area contributed by atoms with Crippen LogP contribution in [-0.4, -0.2) is 29.9 Å². The highest BCUT2D eigenvalue weighted by Gasteiger charge is 2.10. The lowest BCUT2D eigenvalue weighted by Crippen LogP contribution is -2.05. The molecule has 8 heteroatoms. The first kappa shape index (κ1) is 16.1. The van der Waals surface area contributed by atoms with E-state index in [1.807, 2.05) is 13.1 Å². The summed E-state index contributed by atoms with van der Waals surface area (Å²) >= 11 is 0. The van der Waals surface area contributed by atoms with Gasteiger partial charge in [-0.25, -0.2) is 24.9 Å². The van der Waals surface area contributed by atoms with Crippen molar-refractivity contribution < 1.29 is 4.39 Å². The molecule has 0 fully saturated rings. The van der Waals surface area contributed by atoms with Crippen LogP contribution in [0.15, 0.2) is 43.2 Å². The molecular formula is C18H16FN7. The van der Waals surface area contributed by atoms with Gasteiger partial charge < -0.3 is 10.3 Å². The highest BCUT2D eigenvalue weighted by Crippen LogP contribution is 2.20. The van der Waals surface area contributed by atoms with E-state index in [0.717, 1.165) is 22.2 Å². The second-order valence-corrected chi connectivity index (χ2v) is 5.91. The minimum Gasteiger partial charge on any atom is -0.366 e. The van der Waals surface area contributed by atoms with Crippen molar-refractivity contribution in [2.45, 2.75) is 19.9 Å². The van der Waals surface area contributed by atoms with E-state index >= 15 is 0 Å². The summed E-state index contributed by atoms with van der Waals surface area (Å²) in [6, 6.07) is 3.50. The normalized spacial score (nSPS) is 11.0. The van der Waals surface area contributed by atoms with Gasteiger partial charge in [0.2, 0.25) is 5.95 Å². The molecule has 4 rings (SSSR count). The highest BCUT2D eigenvalue weighted by molar-refractivity contribution is 5.78. The molecule has 0 atom stereocenters. The van der Waals surface area contributed by atoms with Crippen molar-refractivity contribution in [1.82, 2.24) is 29.9 Å². The van der Waals surface area contributed by atoms with Crippen LogP contribution in [0.3, 0.4) is 0 Å². The number of fused-ring (bicyclic) bond motifs is 1. The minimum atomic E-state index is -0.499. The van der Waals surface area contributed by atoms with Gasteiger partial charge in [0.25, 0.3) is 0 Å². The number of aromatic amines is 1. The molecule has 0 unspecified atom stereocenters. The topological polar surface area (TPSA) is 92.3 Å².